The lowest BCUT2D eigenvalue weighted by molar-refractivity contribution is 0.154. The van der Waals surface area contributed by atoms with Gasteiger partial charge in [0.15, 0.2) is 5.69 Å². The standard InChI is InChI=1S/C5H10ClNO/c1-5(2)3-8-4(6)7-5/h4,7H,3H2,1-2H3. The van der Waals surface area contributed by atoms with Crippen LogP contribution in [0.2, 0.25) is 0 Å². The van der Waals surface area contributed by atoms with Crippen molar-refractivity contribution in [1.82, 2.24) is 5.32 Å². The van der Waals surface area contributed by atoms with Gasteiger partial charge in [0, 0.05) is 5.54 Å². The fraction of sp³-hybridized carbons (Fsp3) is 1.00. The molecular weight excluding hydrogens is 126 g/mol. The molecule has 1 fully saturated rings. The zero-order valence-corrected chi connectivity index (χ0v) is 5.83. The second-order valence-electron chi connectivity index (χ2n) is 2.66. The summed E-state index contributed by atoms with van der Waals surface area (Å²) in [6, 6.07) is 0. The Morgan fingerprint density at radius 1 is 1.75 bits per heavy atom. The summed E-state index contributed by atoms with van der Waals surface area (Å²) in [6.07, 6.45) is 0. The highest BCUT2D eigenvalue weighted by Crippen LogP contribution is 2.15. The average Bonchev–Trinajstić information content (AvgIpc) is 1.82. The average molecular weight is 136 g/mol. The van der Waals surface area contributed by atoms with E-state index in [1.54, 1.807) is 0 Å². The van der Waals surface area contributed by atoms with Gasteiger partial charge in [0.2, 0.25) is 0 Å². The molecule has 0 aromatic heterocycles. The number of hydrogen-bond donors (Lipinski definition) is 1. The monoisotopic (exact) mass is 135 g/mol. The predicted molar refractivity (Wildman–Crippen MR) is 32.8 cm³/mol. The van der Waals surface area contributed by atoms with Crippen LogP contribution in [0.1, 0.15) is 13.8 Å². The Kier molecular flexibility index (Phi) is 1.48. The van der Waals surface area contributed by atoms with Gasteiger partial charge in [0.25, 0.3) is 0 Å². The number of halogens is 1. The number of rotatable bonds is 0. The third-order valence-corrected chi connectivity index (χ3v) is 1.33. The molecule has 0 aromatic rings. The van der Waals surface area contributed by atoms with Gasteiger partial charge in [-0.15, -0.1) is 0 Å². The van der Waals surface area contributed by atoms with E-state index in [0.717, 1.165) is 0 Å². The highest BCUT2D eigenvalue weighted by Gasteiger charge is 2.28. The molecule has 1 atom stereocenters. The Balaban J connectivity index is 2.44. The first kappa shape index (κ1) is 6.33. The zero-order chi connectivity index (χ0) is 6.20. The zero-order valence-electron chi connectivity index (χ0n) is 5.07. The van der Waals surface area contributed by atoms with Crippen LogP contribution in [0.4, 0.5) is 0 Å². The fourth-order valence-corrected chi connectivity index (χ4v) is 1.03. The minimum absolute atomic E-state index is 0.0619. The van der Waals surface area contributed by atoms with Gasteiger partial charge >= 0.3 is 0 Å². The lowest BCUT2D eigenvalue weighted by Crippen LogP contribution is -2.36. The minimum atomic E-state index is -0.287. The summed E-state index contributed by atoms with van der Waals surface area (Å²) in [7, 11) is 0. The first-order valence-electron chi connectivity index (χ1n) is 2.63. The largest absolute Gasteiger partial charge is 0.347 e. The van der Waals surface area contributed by atoms with Crippen LogP contribution < -0.4 is 5.32 Å². The van der Waals surface area contributed by atoms with Gasteiger partial charge in [-0.1, -0.05) is 11.6 Å². The van der Waals surface area contributed by atoms with E-state index in [1.807, 2.05) is 0 Å². The molecule has 1 aliphatic heterocycles. The molecule has 0 spiro atoms. The summed E-state index contributed by atoms with van der Waals surface area (Å²) >= 11 is 5.56. The third-order valence-electron chi connectivity index (χ3n) is 1.09. The van der Waals surface area contributed by atoms with Crippen LogP contribution in [-0.2, 0) is 4.74 Å². The second-order valence-corrected chi connectivity index (χ2v) is 3.05. The second kappa shape index (κ2) is 1.87. The molecule has 8 heavy (non-hydrogen) atoms. The number of nitrogens with one attached hydrogen (secondary N) is 1. The fourth-order valence-electron chi connectivity index (χ4n) is 0.672. The maximum Gasteiger partial charge on any atom is 0.185 e. The van der Waals surface area contributed by atoms with Gasteiger partial charge in [-0.05, 0) is 13.8 Å². The maximum atomic E-state index is 5.56. The molecule has 0 amide bonds. The van der Waals surface area contributed by atoms with E-state index in [2.05, 4.69) is 19.2 Å². The van der Waals surface area contributed by atoms with Crippen LogP contribution in [0, 0.1) is 0 Å². The predicted octanol–water partition coefficient (Wildman–Crippen LogP) is 0.907. The Bertz CT molecular complexity index is 94.4. The smallest absolute Gasteiger partial charge is 0.185 e. The summed E-state index contributed by atoms with van der Waals surface area (Å²) in [5.74, 6) is 0. The number of hydrogen-bond acceptors (Lipinski definition) is 2. The molecule has 0 aliphatic carbocycles. The van der Waals surface area contributed by atoms with Gasteiger partial charge in [-0.25, -0.2) is 0 Å². The summed E-state index contributed by atoms with van der Waals surface area (Å²) in [5.41, 5.74) is -0.225. The van der Waals surface area contributed by atoms with Crippen LogP contribution in [0.25, 0.3) is 0 Å². The molecule has 0 saturated carbocycles. The molecule has 1 N–H and O–H groups in total. The molecule has 3 heteroatoms. The summed E-state index contributed by atoms with van der Waals surface area (Å²) < 4.78 is 5.02. The topological polar surface area (TPSA) is 21.3 Å². The molecule has 2 nitrogen and oxygen atoms in total. The molecule has 0 radical (unpaired) electrons. The van der Waals surface area contributed by atoms with E-state index in [1.165, 1.54) is 0 Å². The summed E-state index contributed by atoms with van der Waals surface area (Å²) in [4.78, 5) is 0. The van der Waals surface area contributed by atoms with Crippen molar-refractivity contribution in [3.05, 3.63) is 0 Å². The van der Waals surface area contributed by atoms with E-state index in [4.69, 9.17) is 16.3 Å². The Morgan fingerprint density at radius 3 is 2.50 bits per heavy atom. The van der Waals surface area contributed by atoms with Crippen molar-refractivity contribution < 1.29 is 4.74 Å². The van der Waals surface area contributed by atoms with Crippen molar-refractivity contribution in [2.24, 2.45) is 0 Å². The first-order chi connectivity index (χ1) is 3.60. The SMILES string of the molecule is CC1(C)COC(Cl)N1. The van der Waals surface area contributed by atoms with Crippen LogP contribution >= 0.6 is 11.6 Å². The quantitative estimate of drug-likeness (QED) is 0.394. The first-order valence-corrected chi connectivity index (χ1v) is 3.07. The van der Waals surface area contributed by atoms with Crippen LogP contribution in [0.5, 0.6) is 0 Å². The molecule has 1 aliphatic rings. The molecule has 1 unspecified atom stereocenters. The third kappa shape index (κ3) is 1.34. The van der Waals surface area contributed by atoms with Gasteiger partial charge in [-0.3, -0.25) is 5.32 Å². The van der Waals surface area contributed by atoms with E-state index in [9.17, 15) is 0 Å². The molecule has 1 heterocycles. The van der Waals surface area contributed by atoms with Crippen molar-refractivity contribution in [3.63, 3.8) is 0 Å². The van der Waals surface area contributed by atoms with Gasteiger partial charge in [-0.2, -0.15) is 0 Å². The van der Waals surface area contributed by atoms with Crippen molar-refractivity contribution in [3.8, 4) is 0 Å². The Morgan fingerprint density at radius 2 is 2.38 bits per heavy atom. The molecule has 0 aromatic carbocycles. The minimum Gasteiger partial charge on any atom is -0.347 e. The number of alkyl halides is 1. The Hall–Kier alpha value is 0.210. The number of ether oxygens (including phenoxy) is 1. The van der Waals surface area contributed by atoms with Crippen LogP contribution in [0.15, 0.2) is 0 Å². The molecule has 48 valence electrons. The Labute approximate surface area is 54.2 Å². The van der Waals surface area contributed by atoms with Gasteiger partial charge in [0.1, 0.15) is 0 Å². The normalized spacial score (nSPS) is 35.6. The lowest BCUT2D eigenvalue weighted by atomic mass is 10.1. The van der Waals surface area contributed by atoms with Crippen molar-refractivity contribution >= 4 is 11.6 Å². The van der Waals surface area contributed by atoms with E-state index < -0.39 is 0 Å². The molecular formula is C5H10ClNO. The van der Waals surface area contributed by atoms with Crippen molar-refractivity contribution in [1.29, 1.82) is 0 Å². The maximum absolute atomic E-state index is 5.56. The van der Waals surface area contributed by atoms with Crippen molar-refractivity contribution in [2.75, 3.05) is 6.61 Å². The molecule has 0 bridgehead atoms. The van der Waals surface area contributed by atoms with E-state index in [0.29, 0.717) is 6.61 Å². The molecule has 1 rings (SSSR count). The van der Waals surface area contributed by atoms with E-state index >= 15 is 0 Å². The van der Waals surface area contributed by atoms with E-state index in [-0.39, 0.29) is 11.2 Å². The summed E-state index contributed by atoms with van der Waals surface area (Å²) in [5, 5.41) is 3.04. The van der Waals surface area contributed by atoms with Crippen molar-refractivity contribution in [2.45, 2.75) is 25.1 Å². The van der Waals surface area contributed by atoms with Crippen LogP contribution in [-0.4, -0.2) is 17.8 Å². The molecule has 1 saturated heterocycles. The van der Waals surface area contributed by atoms with Gasteiger partial charge in [0.05, 0.1) is 6.61 Å². The summed E-state index contributed by atoms with van der Waals surface area (Å²) in [6.45, 7) is 4.80. The van der Waals surface area contributed by atoms with Crippen LogP contribution in [0.3, 0.4) is 0 Å². The highest BCUT2D eigenvalue weighted by molar-refractivity contribution is 6.19. The lowest BCUT2D eigenvalue weighted by Gasteiger charge is -2.13. The van der Waals surface area contributed by atoms with Gasteiger partial charge < -0.3 is 4.74 Å². The highest BCUT2D eigenvalue weighted by atomic mass is 35.5.